The lowest BCUT2D eigenvalue weighted by molar-refractivity contribution is 0.285. The van der Waals surface area contributed by atoms with E-state index in [2.05, 4.69) is 15.3 Å². The maximum atomic E-state index is 12.6. The first-order valence-electron chi connectivity index (χ1n) is 7.59. The fourth-order valence-corrected chi connectivity index (χ4v) is 3.89. The highest BCUT2D eigenvalue weighted by molar-refractivity contribution is 7.89. The Bertz CT molecular complexity index is 539. The number of sulfonamides is 1. The van der Waals surface area contributed by atoms with Crippen molar-refractivity contribution in [2.45, 2.75) is 56.4 Å². The molecule has 1 aliphatic rings. The van der Waals surface area contributed by atoms with E-state index in [0.29, 0.717) is 5.95 Å². The van der Waals surface area contributed by atoms with Crippen LogP contribution in [0.1, 0.15) is 45.4 Å². The van der Waals surface area contributed by atoms with Gasteiger partial charge >= 0.3 is 0 Å². The van der Waals surface area contributed by atoms with E-state index in [1.165, 1.54) is 23.1 Å². The summed E-state index contributed by atoms with van der Waals surface area (Å²) < 4.78 is 26.7. The summed E-state index contributed by atoms with van der Waals surface area (Å²) in [5, 5.41) is 3.03. The fraction of sp³-hybridized carbons (Fsp3) is 0.714. The van der Waals surface area contributed by atoms with Gasteiger partial charge in [0.25, 0.3) is 0 Å². The van der Waals surface area contributed by atoms with Gasteiger partial charge in [-0.25, -0.2) is 18.4 Å². The van der Waals surface area contributed by atoms with Crippen LogP contribution in [0, 0.1) is 0 Å². The lowest BCUT2D eigenvalue weighted by atomic mass is 9.96. The van der Waals surface area contributed by atoms with E-state index in [4.69, 9.17) is 0 Å². The van der Waals surface area contributed by atoms with Gasteiger partial charge in [0, 0.05) is 19.6 Å². The number of anilines is 1. The van der Waals surface area contributed by atoms with Gasteiger partial charge in [0.15, 0.2) is 0 Å². The summed E-state index contributed by atoms with van der Waals surface area (Å²) in [4.78, 5) is 8.33. The van der Waals surface area contributed by atoms with Gasteiger partial charge in [-0.2, -0.15) is 4.31 Å². The summed E-state index contributed by atoms with van der Waals surface area (Å²) in [7, 11) is -1.83. The smallest absolute Gasteiger partial charge is 0.246 e. The molecular weight excluding hydrogens is 288 g/mol. The zero-order valence-electron chi connectivity index (χ0n) is 12.7. The number of rotatable bonds is 6. The molecule has 7 heteroatoms. The minimum atomic E-state index is -3.50. The van der Waals surface area contributed by atoms with Crippen molar-refractivity contribution < 1.29 is 8.42 Å². The van der Waals surface area contributed by atoms with Gasteiger partial charge in [-0.3, -0.25) is 0 Å². The van der Waals surface area contributed by atoms with Crippen molar-refractivity contribution >= 4 is 16.0 Å². The molecule has 0 aromatic carbocycles. The minimum absolute atomic E-state index is 0.0987. The summed E-state index contributed by atoms with van der Waals surface area (Å²) in [5.74, 6) is 0.469. The average Bonchev–Trinajstić information content (AvgIpc) is 2.53. The Balaban J connectivity index is 2.10. The highest BCUT2D eigenvalue weighted by Gasteiger charge is 2.29. The van der Waals surface area contributed by atoms with Crippen LogP contribution >= 0.6 is 0 Å². The molecule has 0 radical (unpaired) electrons. The number of nitrogens with one attached hydrogen (secondary N) is 1. The standard InChI is InChI=1S/C14H24N4O2S/c1-3-9-15-14-16-10-13(11-17-14)21(19,20)18(2)12-7-5-4-6-8-12/h10-12H,3-9H2,1-2H3,(H,15,16,17). The van der Waals surface area contributed by atoms with Crippen molar-refractivity contribution in [3.8, 4) is 0 Å². The van der Waals surface area contributed by atoms with Crippen molar-refractivity contribution in [1.82, 2.24) is 14.3 Å². The summed E-state index contributed by atoms with van der Waals surface area (Å²) in [6, 6.07) is 0.0987. The number of hydrogen-bond donors (Lipinski definition) is 1. The number of hydrogen-bond acceptors (Lipinski definition) is 5. The SMILES string of the molecule is CCCNc1ncc(S(=O)(=O)N(C)C2CCCCC2)cn1. The summed E-state index contributed by atoms with van der Waals surface area (Å²) >= 11 is 0. The van der Waals surface area contributed by atoms with Crippen LogP contribution in [0.3, 0.4) is 0 Å². The van der Waals surface area contributed by atoms with Crippen LogP contribution in [0.25, 0.3) is 0 Å². The maximum Gasteiger partial charge on any atom is 0.246 e. The zero-order chi connectivity index (χ0) is 15.3. The fourth-order valence-electron chi connectivity index (χ4n) is 2.58. The van der Waals surface area contributed by atoms with Crippen molar-refractivity contribution in [2.75, 3.05) is 18.9 Å². The van der Waals surface area contributed by atoms with Crippen molar-refractivity contribution in [3.05, 3.63) is 12.4 Å². The van der Waals surface area contributed by atoms with E-state index in [1.807, 2.05) is 6.92 Å². The van der Waals surface area contributed by atoms with E-state index in [1.54, 1.807) is 7.05 Å². The van der Waals surface area contributed by atoms with Gasteiger partial charge in [0.2, 0.25) is 16.0 Å². The van der Waals surface area contributed by atoms with E-state index < -0.39 is 10.0 Å². The molecule has 0 spiro atoms. The second kappa shape index (κ2) is 7.17. The van der Waals surface area contributed by atoms with Crippen LogP contribution in [-0.4, -0.2) is 42.3 Å². The molecule has 1 saturated carbocycles. The molecule has 118 valence electrons. The first kappa shape index (κ1) is 16.2. The third-order valence-corrected chi connectivity index (χ3v) is 5.79. The van der Waals surface area contributed by atoms with Gasteiger partial charge in [-0.1, -0.05) is 26.2 Å². The Morgan fingerprint density at radius 3 is 2.43 bits per heavy atom. The molecule has 6 nitrogen and oxygen atoms in total. The maximum absolute atomic E-state index is 12.6. The van der Waals surface area contributed by atoms with Crippen molar-refractivity contribution in [3.63, 3.8) is 0 Å². The molecule has 1 aliphatic carbocycles. The Morgan fingerprint density at radius 2 is 1.86 bits per heavy atom. The molecule has 21 heavy (non-hydrogen) atoms. The van der Waals surface area contributed by atoms with Crippen molar-refractivity contribution in [1.29, 1.82) is 0 Å². The van der Waals surface area contributed by atoms with Crippen LogP contribution in [-0.2, 0) is 10.0 Å². The average molecular weight is 312 g/mol. The summed E-state index contributed by atoms with van der Waals surface area (Å²) in [5.41, 5.74) is 0. The first-order valence-corrected chi connectivity index (χ1v) is 9.03. The molecule has 1 aromatic heterocycles. The van der Waals surface area contributed by atoms with Crippen LogP contribution < -0.4 is 5.32 Å². The molecule has 0 aliphatic heterocycles. The molecule has 0 bridgehead atoms. The second-order valence-corrected chi connectivity index (χ2v) is 7.48. The van der Waals surface area contributed by atoms with E-state index >= 15 is 0 Å². The summed E-state index contributed by atoms with van der Waals surface area (Å²) in [6.07, 6.45) is 9.01. The predicted octanol–water partition coefficient (Wildman–Crippen LogP) is 2.25. The van der Waals surface area contributed by atoms with Gasteiger partial charge in [-0.05, 0) is 19.3 Å². The normalized spacial score (nSPS) is 17.1. The van der Waals surface area contributed by atoms with Crippen molar-refractivity contribution in [2.24, 2.45) is 0 Å². The third-order valence-electron chi connectivity index (χ3n) is 3.93. The van der Waals surface area contributed by atoms with Gasteiger partial charge in [-0.15, -0.1) is 0 Å². The highest BCUT2D eigenvalue weighted by atomic mass is 32.2. The first-order chi connectivity index (χ1) is 10.1. The molecule has 1 aromatic rings. The monoisotopic (exact) mass is 312 g/mol. The molecule has 0 amide bonds. The molecule has 0 atom stereocenters. The largest absolute Gasteiger partial charge is 0.354 e. The van der Waals surface area contributed by atoms with Gasteiger partial charge < -0.3 is 5.32 Å². The predicted molar refractivity (Wildman–Crippen MR) is 82.6 cm³/mol. The Hall–Kier alpha value is -1.21. The molecule has 1 N–H and O–H groups in total. The topological polar surface area (TPSA) is 75.2 Å². The zero-order valence-corrected chi connectivity index (χ0v) is 13.6. The number of nitrogens with zero attached hydrogens (tertiary/aromatic N) is 3. The van der Waals surface area contributed by atoms with E-state index in [0.717, 1.165) is 38.6 Å². The number of aromatic nitrogens is 2. The van der Waals surface area contributed by atoms with Crippen LogP contribution in [0.2, 0.25) is 0 Å². The van der Waals surface area contributed by atoms with Crippen LogP contribution in [0.15, 0.2) is 17.3 Å². The lowest BCUT2D eigenvalue weighted by Crippen LogP contribution is -2.38. The molecule has 0 unspecified atom stereocenters. The quantitative estimate of drug-likeness (QED) is 0.872. The lowest BCUT2D eigenvalue weighted by Gasteiger charge is -2.30. The van der Waals surface area contributed by atoms with E-state index in [-0.39, 0.29) is 10.9 Å². The molecular formula is C14H24N4O2S. The Labute approximate surface area is 127 Å². The third kappa shape index (κ3) is 3.91. The van der Waals surface area contributed by atoms with Gasteiger partial charge in [0.05, 0.1) is 12.4 Å². The second-order valence-electron chi connectivity index (χ2n) is 5.48. The molecule has 1 heterocycles. The van der Waals surface area contributed by atoms with Gasteiger partial charge in [0.1, 0.15) is 4.90 Å². The molecule has 2 rings (SSSR count). The highest BCUT2D eigenvalue weighted by Crippen LogP contribution is 2.26. The summed E-state index contributed by atoms with van der Waals surface area (Å²) in [6.45, 7) is 2.82. The molecule has 1 fully saturated rings. The minimum Gasteiger partial charge on any atom is -0.354 e. The Kier molecular flexibility index (Phi) is 5.52. The van der Waals surface area contributed by atoms with Crippen LogP contribution in [0.4, 0.5) is 5.95 Å². The van der Waals surface area contributed by atoms with E-state index in [9.17, 15) is 8.42 Å². The molecule has 0 saturated heterocycles. The van der Waals surface area contributed by atoms with Crippen LogP contribution in [0.5, 0.6) is 0 Å². The Morgan fingerprint density at radius 1 is 1.24 bits per heavy atom.